The molecule has 1 fully saturated rings. The summed E-state index contributed by atoms with van der Waals surface area (Å²) in [6.07, 6.45) is 1.22. The van der Waals surface area contributed by atoms with Crippen LogP contribution in [-0.4, -0.2) is 53.6 Å². The number of allylic oxidation sites excluding steroid dienone is 1. The zero-order valence-electron chi connectivity index (χ0n) is 17.5. The smallest absolute Gasteiger partial charge is 0.250 e. The molecule has 1 aliphatic heterocycles. The lowest BCUT2D eigenvalue weighted by molar-refractivity contribution is 0.313. The van der Waals surface area contributed by atoms with Crippen LogP contribution in [0.1, 0.15) is 5.76 Å². The standard InChI is InChI=1S/C23H24N4O3S/c1-25-31(28,29)22(16-24)15-21-7-8-23(30-21)19-4-3-18-14-20(6-5-17(18)13-19)27-11-9-26(2)10-12-27/h3-8,13-15,25H,9-12H2,1-2H3/b22-15+. The molecule has 8 heteroatoms. The topological polar surface area (TPSA) is 89.6 Å². The second-order valence-corrected chi connectivity index (χ2v) is 9.42. The highest BCUT2D eigenvalue weighted by atomic mass is 32.2. The Hall–Kier alpha value is -3.12. The lowest BCUT2D eigenvalue weighted by Gasteiger charge is -2.34. The fourth-order valence-electron chi connectivity index (χ4n) is 3.64. The van der Waals surface area contributed by atoms with E-state index in [9.17, 15) is 8.42 Å². The van der Waals surface area contributed by atoms with Gasteiger partial charge in [0, 0.05) is 43.5 Å². The molecule has 0 aliphatic carbocycles. The second-order valence-electron chi connectivity index (χ2n) is 7.57. The Bertz CT molecular complexity index is 1280. The molecule has 1 aromatic heterocycles. The van der Waals surface area contributed by atoms with E-state index in [4.69, 9.17) is 9.68 Å². The molecule has 1 saturated heterocycles. The number of hydrogen-bond acceptors (Lipinski definition) is 6. The molecule has 1 N–H and O–H groups in total. The van der Waals surface area contributed by atoms with E-state index >= 15 is 0 Å². The number of fused-ring (bicyclic) bond motifs is 1. The van der Waals surface area contributed by atoms with Gasteiger partial charge in [-0.3, -0.25) is 0 Å². The fourth-order valence-corrected chi connectivity index (χ4v) is 4.25. The first kappa shape index (κ1) is 21.1. The van der Waals surface area contributed by atoms with E-state index in [0.29, 0.717) is 11.5 Å². The molecule has 0 spiro atoms. The predicted molar refractivity (Wildman–Crippen MR) is 123 cm³/mol. The summed E-state index contributed by atoms with van der Waals surface area (Å²) >= 11 is 0. The number of benzene rings is 2. The van der Waals surface area contributed by atoms with E-state index in [0.717, 1.165) is 42.5 Å². The van der Waals surface area contributed by atoms with Crippen molar-refractivity contribution < 1.29 is 12.8 Å². The van der Waals surface area contributed by atoms with Gasteiger partial charge in [-0.1, -0.05) is 18.2 Å². The lowest BCUT2D eigenvalue weighted by Crippen LogP contribution is -2.44. The van der Waals surface area contributed by atoms with Crippen molar-refractivity contribution in [1.29, 1.82) is 5.26 Å². The van der Waals surface area contributed by atoms with Gasteiger partial charge in [-0.05, 0) is 55.2 Å². The SMILES string of the molecule is CNS(=O)(=O)/C(C#N)=C/c1ccc(-c2ccc3cc(N4CCN(C)CC4)ccc3c2)o1. The molecule has 0 radical (unpaired) electrons. The van der Waals surface area contributed by atoms with Crippen LogP contribution >= 0.6 is 0 Å². The van der Waals surface area contributed by atoms with E-state index in [2.05, 4.69) is 45.8 Å². The number of furan rings is 1. The average Bonchev–Trinajstić information content (AvgIpc) is 3.26. The van der Waals surface area contributed by atoms with Gasteiger partial charge in [0.1, 0.15) is 17.6 Å². The Balaban J connectivity index is 1.60. The van der Waals surface area contributed by atoms with Crippen molar-refractivity contribution in [2.45, 2.75) is 0 Å². The molecule has 2 aromatic carbocycles. The van der Waals surface area contributed by atoms with Crippen LogP contribution in [0.25, 0.3) is 28.2 Å². The summed E-state index contributed by atoms with van der Waals surface area (Å²) in [6, 6.07) is 17.7. The lowest BCUT2D eigenvalue weighted by atomic mass is 10.0. The molecular weight excluding hydrogens is 412 g/mol. The minimum Gasteiger partial charge on any atom is -0.457 e. The maximum absolute atomic E-state index is 11.9. The normalized spacial score (nSPS) is 15.9. The summed E-state index contributed by atoms with van der Waals surface area (Å²) in [7, 11) is -0.415. The number of nitrogens with one attached hydrogen (secondary N) is 1. The van der Waals surface area contributed by atoms with Crippen molar-refractivity contribution in [3.63, 3.8) is 0 Å². The van der Waals surface area contributed by atoms with Crippen molar-refractivity contribution in [2.24, 2.45) is 0 Å². The summed E-state index contributed by atoms with van der Waals surface area (Å²) in [4.78, 5) is 4.35. The molecule has 0 amide bonds. The first-order chi connectivity index (χ1) is 14.9. The molecule has 1 aliphatic rings. The van der Waals surface area contributed by atoms with Crippen LogP contribution in [0.5, 0.6) is 0 Å². The maximum Gasteiger partial charge on any atom is 0.250 e. The third kappa shape index (κ3) is 4.49. The van der Waals surface area contributed by atoms with E-state index in [-0.39, 0.29) is 0 Å². The van der Waals surface area contributed by atoms with Crippen LogP contribution in [0.3, 0.4) is 0 Å². The van der Waals surface area contributed by atoms with Crippen molar-refractivity contribution >= 4 is 32.6 Å². The highest BCUT2D eigenvalue weighted by molar-refractivity contribution is 7.93. The molecular formula is C23H24N4O3S. The molecule has 0 atom stereocenters. The van der Waals surface area contributed by atoms with Crippen molar-refractivity contribution in [2.75, 3.05) is 45.2 Å². The number of rotatable bonds is 5. The van der Waals surface area contributed by atoms with E-state index in [1.54, 1.807) is 18.2 Å². The number of nitriles is 1. The van der Waals surface area contributed by atoms with Crippen molar-refractivity contribution in [3.8, 4) is 17.4 Å². The summed E-state index contributed by atoms with van der Waals surface area (Å²) in [5.41, 5.74) is 2.11. The van der Waals surface area contributed by atoms with Gasteiger partial charge in [0.05, 0.1) is 0 Å². The molecule has 0 bridgehead atoms. The van der Waals surface area contributed by atoms with Crippen LogP contribution in [0.4, 0.5) is 5.69 Å². The largest absolute Gasteiger partial charge is 0.457 e. The fraction of sp³-hybridized carbons (Fsp3) is 0.261. The molecule has 7 nitrogen and oxygen atoms in total. The summed E-state index contributed by atoms with van der Waals surface area (Å²) in [5.74, 6) is 0.909. The van der Waals surface area contributed by atoms with Crippen LogP contribution in [-0.2, 0) is 10.0 Å². The Morgan fingerprint density at radius 2 is 1.77 bits per heavy atom. The zero-order valence-corrected chi connectivity index (χ0v) is 18.3. The van der Waals surface area contributed by atoms with Crippen molar-refractivity contribution in [3.05, 3.63) is 59.2 Å². The first-order valence-corrected chi connectivity index (χ1v) is 11.5. The van der Waals surface area contributed by atoms with Crippen molar-refractivity contribution in [1.82, 2.24) is 9.62 Å². The Labute approximate surface area is 182 Å². The molecule has 0 saturated carbocycles. The number of hydrogen-bond donors (Lipinski definition) is 1. The minimum atomic E-state index is -3.83. The van der Waals surface area contributed by atoms with Crippen LogP contribution in [0.15, 0.2) is 57.9 Å². The van der Waals surface area contributed by atoms with Gasteiger partial charge in [0.2, 0.25) is 0 Å². The molecule has 4 rings (SSSR count). The van der Waals surface area contributed by atoms with Gasteiger partial charge in [0.25, 0.3) is 10.0 Å². The second kappa shape index (κ2) is 8.55. The number of likely N-dealkylation sites (N-methyl/N-ethyl adjacent to an activating group) is 1. The monoisotopic (exact) mass is 436 g/mol. The predicted octanol–water partition coefficient (Wildman–Crippen LogP) is 3.27. The third-order valence-electron chi connectivity index (χ3n) is 5.55. The number of anilines is 1. The molecule has 2 heterocycles. The van der Waals surface area contributed by atoms with Gasteiger partial charge in [-0.25, -0.2) is 13.1 Å². The molecule has 3 aromatic rings. The van der Waals surface area contributed by atoms with E-state index < -0.39 is 14.9 Å². The number of nitrogens with zero attached hydrogens (tertiary/aromatic N) is 3. The van der Waals surface area contributed by atoms with Gasteiger partial charge >= 0.3 is 0 Å². The Morgan fingerprint density at radius 1 is 1.06 bits per heavy atom. The van der Waals surface area contributed by atoms with Gasteiger partial charge in [0.15, 0.2) is 4.91 Å². The van der Waals surface area contributed by atoms with Crippen LogP contribution < -0.4 is 9.62 Å². The first-order valence-electron chi connectivity index (χ1n) is 10.0. The molecule has 0 unspecified atom stereocenters. The van der Waals surface area contributed by atoms with E-state index in [1.165, 1.54) is 18.8 Å². The number of piperazine rings is 1. The third-order valence-corrected chi connectivity index (χ3v) is 6.87. The zero-order chi connectivity index (χ0) is 22.0. The Morgan fingerprint density at radius 3 is 2.48 bits per heavy atom. The molecule has 160 valence electrons. The van der Waals surface area contributed by atoms with Gasteiger partial charge < -0.3 is 14.2 Å². The summed E-state index contributed by atoms with van der Waals surface area (Å²) < 4.78 is 31.7. The summed E-state index contributed by atoms with van der Waals surface area (Å²) in [5, 5.41) is 11.4. The number of sulfonamides is 1. The minimum absolute atomic E-state index is 0.302. The van der Waals surface area contributed by atoms with Gasteiger partial charge in [-0.2, -0.15) is 5.26 Å². The molecule has 31 heavy (non-hydrogen) atoms. The van der Waals surface area contributed by atoms with Gasteiger partial charge in [-0.15, -0.1) is 0 Å². The van der Waals surface area contributed by atoms with Crippen LogP contribution in [0.2, 0.25) is 0 Å². The highest BCUT2D eigenvalue weighted by Crippen LogP contribution is 2.29. The Kier molecular flexibility index (Phi) is 5.83. The quantitative estimate of drug-likeness (QED) is 0.618. The highest BCUT2D eigenvalue weighted by Gasteiger charge is 2.17. The van der Waals surface area contributed by atoms with Crippen LogP contribution in [0, 0.1) is 11.3 Å². The van der Waals surface area contributed by atoms with E-state index in [1.807, 2.05) is 12.1 Å². The maximum atomic E-state index is 11.9. The summed E-state index contributed by atoms with van der Waals surface area (Å²) in [6.45, 7) is 4.18. The average molecular weight is 437 g/mol.